The highest BCUT2D eigenvalue weighted by Crippen LogP contribution is 2.33. The van der Waals surface area contributed by atoms with E-state index < -0.39 is 88.5 Å². The highest BCUT2D eigenvalue weighted by molar-refractivity contribution is 7.84. The van der Waals surface area contributed by atoms with Crippen LogP contribution in [0.1, 0.15) is 0 Å². The second-order valence-corrected chi connectivity index (χ2v) is 9.28. The lowest BCUT2D eigenvalue weighted by Crippen LogP contribution is -2.67. The van der Waals surface area contributed by atoms with Gasteiger partial charge in [-0.15, -0.1) is 0 Å². The Kier molecular flexibility index (Phi) is 7.02. The van der Waals surface area contributed by atoms with Gasteiger partial charge in [-0.3, -0.25) is 9.11 Å². The molecule has 30 heavy (non-hydrogen) atoms. The molecule has 3 aliphatic heterocycles. The van der Waals surface area contributed by atoms with E-state index in [4.69, 9.17) is 28.1 Å². The number of aliphatic hydroxyl groups is 4. The minimum Gasteiger partial charge on any atom is -0.394 e. The zero-order valence-electron chi connectivity index (χ0n) is 15.0. The summed E-state index contributed by atoms with van der Waals surface area (Å²) < 4.78 is 87.5. The molecule has 0 aliphatic carbocycles. The lowest BCUT2D eigenvalue weighted by atomic mass is 9.96. The third kappa shape index (κ3) is 5.24. The molecule has 0 aromatic rings. The van der Waals surface area contributed by atoms with Gasteiger partial charge in [0, 0.05) is 0 Å². The molecule has 0 aromatic heterocycles. The molecule has 0 spiro atoms. The van der Waals surface area contributed by atoms with Crippen LogP contribution in [0.2, 0.25) is 0 Å². The van der Waals surface area contributed by atoms with Gasteiger partial charge in [-0.2, -0.15) is 26.3 Å². The first kappa shape index (κ1) is 24.1. The van der Waals surface area contributed by atoms with Gasteiger partial charge in [0.05, 0.1) is 13.2 Å². The normalized spacial score (nSPS) is 44.9. The second kappa shape index (κ2) is 8.75. The molecule has 3 aliphatic rings. The van der Waals surface area contributed by atoms with Gasteiger partial charge in [0.1, 0.15) is 48.7 Å². The van der Waals surface area contributed by atoms with Crippen molar-refractivity contribution in [3.8, 4) is 0 Å². The van der Waals surface area contributed by atoms with Crippen molar-refractivity contribution in [2.24, 2.45) is 0 Å². The molecular weight excluding hydrogens is 460 g/mol. The predicted octanol–water partition coefficient (Wildman–Crippen LogP) is -5.55. The molecule has 0 aromatic carbocycles. The van der Waals surface area contributed by atoms with Gasteiger partial charge in [-0.25, -0.2) is 0 Å². The molecule has 3 heterocycles. The van der Waals surface area contributed by atoms with Crippen molar-refractivity contribution in [2.75, 3.05) is 13.2 Å². The third-order valence-corrected chi connectivity index (χ3v) is 5.98. The van der Waals surface area contributed by atoms with E-state index in [9.17, 15) is 37.3 Å². The first-order valence-corrected chi connectivity index (χ1v) is 11.4. The molecule has 0 saturated carbocycles. The first-order valence-electron chi connectivity index (χ1n) is 8.53. The highest BCUT2D eigenvalue weighted by atomic mass is 32.2. The van der Waals surface area contributed by atoms with Crippen LogP contribution in [0, 0.1) is 0 Å². The molecule has 0 radical (unpaired) electrons. The molecular formula is C12H22N2O14S2. The average molecular weight is 482 g/mol. The Bertz CT molecular complexity index is 823. The highest BCUT2D eigenvalue weighted by Gasteiger charge is 2.55. The number of fused-ring (bicyclic) bond motifs is 2. The summed E-state index contributed by atoms with van der Waals surface area (Å²) in [6.07, 6.45) is -12.3. The fraction of sp³-hybridized carbons (Fsp3) is 1.00. The molecule has 2 bridgehead atoms. The maximum absolute atomic E-state index is 11.2. The van der Waals surface area contributed by atoms with Crippen LogP contribution in [0.3, 0.4) is 0 Å². The van der Waals surface area contributed by atoms with Gasteiger partial charge in [-0.1, -0.05) is 0 Å². The summed E-state index contributed by atoms with van der Waals surface area (Å²) >= 11 is 0. The van der Waals surface area contributed by atoms with Crippen molar-refractivity contribution in [1.29, 1.82) is 0 Å². The Morgan fingerprint density at radius 1 is 0.900 bits per heavy atom. The molecule has 3 rings (SSSR count). The summed E-state index contributed by atoms with van der Waals surface area (Å²) in [7, 11) is -9.71. The van der Waals surface area contributed by atoms with Crippen molar-refractivity contribution in [1.82, 2.24) is 9.44 Å². The summed E-state index contributed by atoms with van der Waals surface area (Å²) in [6, 6.07) is -3.32. The van der Waals surface area contributed by atoms with Crippen molar-refractivity contribution in [3.05, 3.63) is 0 Å². The van der Waals surface area contributed by atoms with E-state index in [2.05, 4.69) is 0 Å². The minimum atomic E-state index is -4.92. The summed E-state index contributed by atoms with van der Waals surface area (Å²) in [5, 5.41) is 40.0. The van der Waals surface area contributed by atoms with Gasteiger partial charge in [-0.05, 0) is 0 Å². The topological polar surface area (TPSA) is 251 Å². The monoisotopic (exact) mass is 482 g/mol. The van der Waals surface area contributed by atoms with Gasteiger partial charge in [0.2, 0.25) is 0 Å². The molecule has 3 saturated heterocycles. The van der Waals surface area contributed by atoms with E-state index >= 15 is 0 Å². The van der Waals surface area contributed by atoms with Crippen LogP contribution in [-0.4, -0.2) is 121 Å². The van der Waals surface area contributed by atoms with Crippen LogP contribution in [0.4, 0.5) is 0 Å². The Morgan fingerprint density at radius 3 is 2.07 bits per heavy atom. The SMILES string of the molecule is O=S(=O)(O)N[C@H]1[C@@H]2OC[C@@H](O2)[C@@H](O[C@H]2O[C@H](CO)[C@@H](O)[C@H](O)[C@H]2NS(=O)(=O)O)[C@@H]1O. The standard InChI is InChI=1S/C12H22N2O14S2/c15-1-3-7(16)8(17)5(13-29(19,20)21)12(26-3)28-10-4-2-25-11(27-4)6(9(10)18)14-30(22,23)24/h3-18H,1-2H2,(H,19,20,21)(H,22,23,24)/t3-,4-,5-,6-,7-,8-,9-,10-,11-,12-/m1/s1. The Morgan fingerprint density at radius 2 is 1.50 bits per heavy atom. The van der Waals surface area contributed by atoms with Gasteiger partial charge < -0.3 is 39.4 Å². The molecule has 0 unspecified atom stereocenters. The number of nitrogens with one attached hydrogen (secondary N) is 2. The zero-order valence-corrected chi connectivity index (χ0v) is 16.6. The first-order chi connectivity index (χ1) is 13.8. The van der Waals surface area contributed by atoms with Gasteiger partial charge in [0.25, 0.3) is 0 Å². The Balaban J connectivity index is 1.84. The molecule has 18 heteroatoms. The Labute approximate surface area is 170 Å². The summed E-state index contributed by atoms with van der Waals surface area (Å²) in [5.74, 6) is 0. The fourth-order valence-corrected chi connectivity index (χ4v) is 4.69. The van der Waals surface area contributed by atoms with Crippen LogP contribution in [-0.2, 0) is 39.6 Å². The number of aliphatic hydroxyl groups excluding tert-OH is 4. The molecule has 8 N–H and O–H groups in total. The largest absolute Gasteiger partial charge is 0.394 e. The van der Waals surface area contributed by atoms with Crippen LogP contribution in [0.25, 0.3) is 0 Å². The Hall–Kier alpha value is -0.580. The summed E-state index contributed by atoms with van der Waals surface area (Å²) in [5.41, 5.74) is 0. The molecule has 0 amide bonds. The maximum atomic E-state index is 11.2. The van der Waals surface area contributed by atoms with E-state index in [0.717, 1.165) is 0 Å². The quantitative estimate of drug-likeness (QED) is 0.158. The van der Waals surface area contributed by atoms with Gasteiger partial charge in [0.15, 0.2) is 12.6 Å². The number of hydrogen-bond acceptors (Lipinski definition) is 12. The maximum Gasteiger partial charge on any atom is 0.333 e. The van der Waals surface area contributed by atoms with Crippen LogP contribution in [0.15, 0.2) is 0 Å². The van der Waals surface area contributed by atoms with Crippen molar-refractivity contribution in [3.63, 3.8) is 0 Å². The molecule has 176 valence electrons. The van der Waals surface area contributed by atoms with E-state index in [-0.39, 0.29) is 6.61 Å². The number of hydrogen-bond donors (Lipinski definition) is 8. The lowest BCUT2D eigenvalue weighted by molar-refractivity contribution is -0.307. The van der Waals surface area contributed by atoms with Crippen LogP contribution < -0.4 is 9.44 Å². The zero-order chi connectivity index (χ0) is 22.4. The van der Waals surface area contributed by atoms with Crippen molar-refractivity contribution < 1.29 is 65.3 Å². The number of ether oxygens (including phenoxy) is 4. The summed E-state index contributed by atoms with van der Waals surface area (Å²) in [4.78, 5) is 0. The second-order valence-electron chi connectivity index (χ2n) is 6.91. The molecule has 3 fully saturated rings. The minimum absolute atomic E-state index is 0.187. The third-order valence-electron chi connectivity index (χ3n) is 4.84. The fourth-order valence-electron chi connectivity index (χ4n) is 3.50. The van der Waals surface area contributed by atoms with E-state index in [0.29, 0.717) is 0 Å². The smallest absolute Gasteiger partial charge is 0.333 e. The van der Waals surface area contributed by atoms with Crippen molar-refractivity contribution >= 4 is 20.6 Å². The summed E-state index contributed by atoms with van der Waals surface area (Å²) in [6.45, 7) is -0.990. The van der Waals surface area contributed by atoms with E-state index in [1.807, 2.05) is 0 Å². The number of rotatable bonds is 7. The van der Waals surface area contributed by atoms with Crippen LogP contribution >= 0.6 is 0 Å². The van der Waals surface area contributed by atoms with Crippen LogP contribution in [0.5, 0.6) is 0 Å². The van der Waals surface area contributed by atoms with E-state index in [1.54, 1.807) is 9.44 Å². The molecule has 16 nitrogen and oxygen atoms in total. The predicted molar refractivity (Wildman–Crippen MR) is 90.2 cm³/mol. The molecule has 10 atom stereocenters. The lowest BCUT2D eigenvalue weighted by Gasteiger charge is -2.45. The average Bonchev–Trinajstić information content (AvgIpc) is 3.06. The van der Waals surface area contributed by atoms with Gasteiger partial charge >= 0.3 is 20.6 Å². The van der Waals surface area contributed by atoms with Crippen molar-refractivity contribution in [2.45, 2.75) is 61.3 Å². The van der Waals surface area contributed by atoms with E-state index in [1.165, 1.54) is 0 Å².